The number of primary sulfonamides is 1. The molecule has 1 heterocycles. The van der Waals surface area contributed by atoms with Crippen LogP contribution in [0, 0.1) is 0 Å². The van der Waals surface area contributed by atoms with Crippen molar-refractivity contribution in [2.45, 2.75) is 17.9 Å². The molecular weight excluding hydrogens is 302 g/mol. The van der Waals surface area contributed by atoms with Crippen LogP contribution >= 0.6 is 0 Å². The fourth-order valence-electron chi connectivity index (χ4n) is 2.36. The average Bonchev–Trinajstić information content (AvgIpc) is 2.25. The number of benzene rings is 1. The Morgan fingerprint density at radius 3 is 2.50 bits per heavy atom. The van der Waals surface area contributed by atoms with Crippen LogP contribution in [0.2, 0.25) is 0 Å². The van der Waals surface area contributed by atoms with Gasteiger partial charge >= 0.3 is 0 Å². The smallest absolute Gasteiger partial charge is 0.240 e. The van der Waals surface area contributed by atoms with E-state index in [2.05, 4.69) is 0 Å². The SMILES string of the molecule is CC1CS(=O)(=O)CCN1c1ccc(S(N)(=O)=O)c(N)c1. The third kappa shape index (κ3) is 3.05. The minimum Gasteiger partial charge on any atom is -0.398 e. The first kappa shape index (κ1) is 15.1. The maximum Gasteiger partial charge on any atom is 0.240 e. The van der Waals surface area contributed by atoms with Gasteiger partial charge in [0, 0.05) is 18.3 Å². The molecule has 0 spiro atoms. The summed E-state index contributed by atoms with van der Waals surface area (Å²) in [5.74, 6) is 0.151. The Bertz CT molecular complexity index is 728. The molecule has 1 fully saturated rings. The molecule has 0 bridgehead atoms. The lowest BCUT2D eigenvalue weighted by molar-refractivity contribution is 0.568. The largest absolute Gasteiger partial charge is 0.398 e. The van der Waals surface area contributed by atoms with Gasteiger partial charge in [0.1, 0.15) is 4.90 Å². The molecule has 1 aromatic carbocycles. The first-order chi connectivity index (χ1) is 9.10. The first-order valence-electron chi connectivity index (χ1n) is 5.99. The van der Waals surface area contributed by atoms with Gasteiger partial charge in [0.05, 0.1) is 17.2 Å². The average molecular weight is 319 g/mol. The first-order valence-corrected chi connectivity index (χ1v) is 9.36. The summed E-state index contributed by atoms with van der Waals surface area (Å²) in [6, 6.07) is 4.25. The highest BCUT2D eigenvalue weighted by Gasteiger charge is 2.28. The summed E-state index contributed by atoms with van der Waals surface area (Å²) in [5.41, 5.74) is 6.46. The van der Waals surface area contributed by atoms with Gasteiger partial charge in [-0.3, -0.25) is 0 Å². The van der Waals surface area contributed by atoms with Crippen molar-refractivity contribution < 1.29 is 16.8 Å². The quantitative estimate of drug-likeness (QED) is 0.711. The molecule has 1 aromatic rings. The molecule has 4 N–H and O–H groups in total. The molecule has 1 aliphatic rings. The van der Waals surface area contributed by atoms with Gasteiger partial charge in [0.15, 0.2) is 9.84 Å². The Hall–Kier alpha value is -1.32. The summed E-state index contributed by atoms with van der Waals surface area (Å²) in [6.45, 7) is 2.16. The van der Waals surface area contributed by atoms with Crippen molar-refractivity contribution in [2.24, 2.45) is 5.14 Å². The Labute approximate surface area is 118 Å². The monoisotopic (exact) mass is 319 g/mol. The highest BCUT2D eigenvalue weighted by Crippen LogP contribution is 2.27. The zero-order chi connectivity index (χ0) is 15.1. The molecule has 0 amide bonds. The van der Waals surface area contributed by atoms with E-state index >= 15 is 0 Å². The van der Waals surface area contributed by atoms with Crippen molar-refractivity contribution in [1.29, 1.82) is 0 Å². The van der Waals surface area contributed by atoms with E-state index in [9.17, 15) is 16.8 Å². The molecule has 1 unspecified atom stereocenters. The van der Waals surface area contributed by atoms with E-state index in [0.29, 0.717) is 12.2 Å². The Morgan fingerprint density at radius 2 is 2.00 bits per heavy atom. The van der Waals surface area contributed by atoms with Gasteiger partial charge in [-0.15, -0.1) is 0 Å². The van der Waals surface area contributed by atoms with Crippen molar-refractivity contribution in [3.8, 4) is 0 Å². The molecule has 7 nitrogen and oxygen atoms in total. The summed E-state index contributed by atoms with van der Waals surface area (Å²) in [4.78, 5) is 1.77. The third-order valence-electron chi connectivity index (χ3n) is 3.30. The molecule has 112 valence electrons. The van der Waals surface area contributed by atoms with Crippen LogP contribution in [-0.4, -0.2) is 40.9 Å². The predicted molar refractivity (Wildman–Crippen MR) is 77.7 cm³/mol. The number of hydrogen-bond donors (Lipinski definition) is 2. The van der Waals surface area contributed by atoms with Gasteiger partial charge in [0.25, 0.3) is 0 Å². The molecule has 1 aliphatic heterocycles. The summed E-state index contributed by atoms with van der Waals surface area (Å²) in [6.07, 6.45) is 0. The minimum absolute atomic E-state index is 0.0608. The van der Waals surface area contributed by atoms with Gasteiger partial charge in [0.2, 0.25) is 10.0 Å². The van der Waals surface area contributed by atoms with E-state index in [-0.39, 0.29) is 28.1 Å². The summed E-state index contributed by atoms with van der Waals surface area (Å²) >= 11 is 0. The van der Waals surface area contributed by atoms with E-state index in [1.54, 1.807) is 13.0 Å². The molecule has 20 heavy (non-hydrogen) atoms. The number of nitrogens with zero attached hydrogens (tertiary/aromatic N) is 1. The molecular formula is C11H17N3O4S2. The van der Waals surface area contributed by atoms with E-state index in [1.165, 1.54) is 12.1 Å². The fraction of sp³-hybridized carbons (Fsp3) is 0.455. The van der Waals surface area contributed by atoms with Crippen LogP contribution < -0.4 is 15.8 Å². The standard InChI is InChI=1S/C11H17N3O4S2/c1-8-7-19(15,16)5-4-14(8)9-2-3-11(10(12)6-9)20(13,17)18/h2-3,6,8H,4-5,7,12H2,1H3,(H2,13,17,18). The van der Waals surface area contributed by atoms with Crippen molar-refractivity contribution in [3.63, 3.8) is 0 Å². The number of sulfone groups is 1. The Balaban J connectivity index is 2.34. The van der Waals surface area contributed by atoms with Gasteiger partial charge in [-0.2, -0.15) is 0 Å². The van der Waals surface area contributed by atoms with Crippen LogP contribution in [0.25, 0.3) is 0 Å². The van der Waals surface area contributed by atoms with Crippen LogP contribution in [0.1, 0.15) is 6.92 Å². The zero-order valence-corrected chi connectivity index (χ0v) is 12.6. The highest BCUT2D eigenvalue weighted by atomic mass is 32.2. The summed E-state index contributed by atoms with van der Waals surface area (Å²) < 4.78 is 45.7. The van der Waals surface area contributed by atoms with Crippen molar-refractivity contribution >= 4 is 31.2 Å². The zero-order valence-electron chi connectivity index (χ0n) is 11.0. The van der Waals surface area contributed by atoms with Crippen LogP contribution in [-0.2, 0) is 19.9 Å². The summed E-state index contributed by atoms with van der Waals surface area (Å²) in [7, 11) is -6.86. The van der Waals surface area contributed by atoms with Crippen LogP contribution in [0.3, 0.4) is 0 Å². The second kappa shape index (κ2) is 4.90. The normalized spacial score (nSPS) is 22.7. The highest BCUT2D eigenvalue weighted by molar-refractivity contribution is 7.91. The number of rotatable bonds is 2. The van der Waals surface area contributed by atoms with E-state index in [1.807, 2.05) is 4.90 Å². The van der Waals surface area contributed by atoms with Gasteiger partial charge in [-0.25, -0.2) is 22.0 Å². The number of sulfonamides is 1. The molecule has 1 saturated heterocycles. The second-order valence-electron chi connectivity index (χ2n) is 4.92. The number of hydrogen-bond acceptors (Lipinski definition) is 6. The van der Waals surface area contributed by atoms with Gasteiger partial charge < -0.3 is 10.6 Å². The predicted octanol–water partition coefficient (Wildman–Crippen LogP) is -0.460. The molecule has 9 heteroatoms. The Kier molecular flexibility index (Phi) is 3.69. The van der Waals surface area contributed by atoms with E-state index in [4.69, 9.17) is 10.9 Å². The van der Waals surface area contributed by atoms with Crippen LogP contribution in [0.15, 0.2) is 23.1 Å². The van der Waals surface area contributed by atoms with Crippen molar-refractivity contribution in [3.05, 3.63) is 18.2 Å². The molecule has 0 aromatic heterocycles. The minimum atomic E-state index is -3.85. The van der Waals surface area contributed by atoms with Crippen molar-refractivity contribution in [1.82, 2.24) is 0 Å². The van der Waals surface area contributed by atoms with Crippen molar-refractivity contribution in [2.75, 3.05) is 28.7 Å². The number of anilines is 2. The lowest BCUT2D eigenvalue weighted by Gasteiger charge is -2.35. The maximum atomic E-state index is 11.5. The van der Waals surface area contributed by atoms with E-state index < -0.39 is 19.9 Å². The second-order valence-corrected chi connectivity index (χ2v) is 8.68. The molecule has 1 atom stereocenters. The molecule has 2 rings (SSSR count). The molecule has 0 aliphatic carbocycles. The number of nitrogen functional groups attached to an aromatic ring is 1. The molecule has 0 radical (unpaired) electrons. The van der Waals surface area contributed by atoms with Crippen LogP contribution in [0.4, 0.5) is 11.4 Å². The molecule has 0 saturated carbocycles. The maximum absolute atomic E-state index is 11.5. The Morgan fingerprint density at radius 1 is 1.35 bits per heavy atom. The topological polar surface area (TPSA) is 124 Å². The van der Waals surface area contributed by atoms with Crippen LogP contribution in [0.5, 0.6) is 0 Å². The fourth-order valence-corrected chi connectivity index (χ4v) is 4.56. The van der Waals surface area contributed by atoms with Gasteiger partial charge in [-0.1, -0.05) is 0 Å². The lowest BCUT2D eigenvalue weighted by atomic mass is 10.2. The lowest BCUT2D eigenvalue weighted by Crippen LogP contribution is -2.47. The summed E-state index contributed by atoms with van der Waals surface area (Å²) in [5, 5.41) is 5.05. The van der Waals surface area contributed by atoms with Gasteiger partial charge in [-0.05, 0) is 25.1 Å². The van der Waals surface area contributed by atoms with E-state index in [0.717, 1.165) is 0 Å². The number of nitrogens with two attached hydrogens (primary N) is 2. The third-order valence-corrected chi connectivity index (χ3v) is 6.08.